The van der Waals surface area contributed by atoms with Crippen LogP contribution >= 0.6 is 12.4 Å². The lowest BCUT2D eigenvalue weighted by molar-refractivity contribution is -0.0498. The van der Waals surface area contributed by atoms with E-state index in [9.17, 15) is 8.78 Å². The van der Waals surface area contributed by atoms with Gasteiger partial charge in [0.15, 0.2) is 5.82 Å². The molecule has 1 aliphatic rings. The first kappa shape index (κ1) is 18.6. The molecule has 1 atom stereocenters. The zero-order valence-corrected chi connectivity index (χ0v) is 13.9. The average Bonchev–Trinajstić information content (AvgIpc) is 2.95. The second-order valence-electron chi connectivity index (χ2n) is 5.45. The zero-order valence-electron chi connectivity index (χ0n) is 13.1. The van der Waals surface area contributed by atoms with Gasteiger partial charge in [-0.05, 0) is 24.7 Å². The van der Waals surface area contributed by atoms with Gasteiger partial charge in [0.2, 0.25) is 5.89 Å². The molecule has 0 saturated carbocycles. The van der Waals surface area contributed by atoms with Gasteiger partial charge in [-0.15, -0.1) is 12.4 Å². The first-order valence-electron chi connectivity index (χ1n) is 7.39. The summed E-state index contributed by atoms with van der Waals surface area (Å²) in [6.07, 6.45) is 0.372. The molecule has 1 aliphatic heterocycles. The molecule has 0 aliphatic carbocycles. The third-order valence-electron chi connectivity index (χ3n) is 3.77. The molecule has 0 bridgehead atoms. The van der Waals surface area contributed by atoms with Crippen LogP contribution in [-0.2, 0) is 6.42 Å². The fraction of sp³-hybridized carbons (Fsp3) is 0.467. The maximum atomic E-state index is 12.3. The molecule has 1 saturated heterocycles. The lowest BCUT2D eigenvalue weighted by Crippen LogP contribution is -2.44. The van der Waals surface area contributed by atoms with E-state index in [4.69, 9.17) is 4.52 Å². The summed E-state index contributed by atoms with van der Waals surface area (Å²) in [5.74, 6) is 1.20. The molecule has 1 aromatic carbocycles. The minimum atomic E-state index is -2.84. The third-order valence-corrected chi connectivity index (χ3v) is 3.77. The maximum Gasteiger partial charge on any atom is 0.387 e. The monoisotopic (exact) mass is 360 g/mol. The van der Waals surface area contributed by atoms with E-state index in [1.807, 2.05) is 7.05 Å². The Morgan fingerprint density at radius 1 is 1.46 bits per heavy atom. The Morgan fingerprint density at radius 2 is 2.29 bits per heavy atom. The second kappa shape index (κ2) is 8.36. The fourth-order valence-corrected chi connectivity index (χ4v) is 2.58. The molecule has 0 amide bonds. The molecule has 2 heterocycles. The van der Waals surface area contributed by atoms with Crippen LogP contribution in [0.1, 0.15) is 23.3 Å². The number of halogens is 3. The molecular formula is C15H19ClF2N4O2. The van der Waals surface area contributed by atoms with Gasteiger partial charge in [-0.3, -0.25) is 4.90 Å². The van der Waals surface area contributed by atoms with Crippen LogP contribution in [0.3, 0.4) is 0 Å². The predicted octanol–water partition coefficient (Wildman–Crippen LogP) is 2.26. The number of ether oxygens (including phenoxy) is 1. The number of nitrogens with zero attached hydrogens (tertiary/aromatic N) is 3. The number of alkyl halides is 2. The van der Waals surface area contributed by atoms with Crippen molar-refractivity contribution >= 4 is 12.4 Å². The highest BCUT2D eigenvalue weighted by molar-refractivity contribution is 5.85. The average molecular weight is 361 g/mol. The molecule has 24 heavy (non-hydrogen) atoms. The van der Waals surface area contributed by atoms with Crippen molar-refractivity contribution in [3.05, 3.63) is 41.5 Å². The van der Waals surface area contributed by atoms with Crippen molar-refractivity contribution in [2.24, 2.45) is 0 Å². The Morgan fingerprint density at radius 3 is 3.04 bits per heavy atom. The van der Waals surface area contributed by atoms with E-state index < -0.39 is 6.61 Å². The summed E-state index contributed by atoms with van der Waals surface area (Å²) in [5, 5.41) is 7.34. The van der Waals surface area contributed by atoms with Gasteiger partial charge in [0.1, 0.15) is 5.75 Å². The van der Waals surface area contributed by atoms with Crippen molar-refractivity contribution < 1.29 is 18.0 Å². The Bertz CT molecular complexity index is 656. The summed E-state index contributed by atoms with van der Waals surface area (Å²) in [6, 6.07) is 6.57. The molecule has 0 radical (unpaired) electrons. The molecule has 1 unspecified atom stereocenters. The standard InChI is InChI=1S/C15H18F2N4O2.ClH/c1-21-6-5-18-9-12(21)14-19-13(23-20-14)8-10-3-2-4-11(7-10)22-15(16)17;/h2-4,7,12,15,18H,5-6,8-9H2,1H3;1H. The van der Waals surface area contributed by atoms with E-state index in [1.165, 1.54) is 6.07 Å². The zero-order chi connectivity index (χ0) is 16.2. The molecule has 1 N–H and O–H groups in total. The van der Waals surface area contributed by atoms with Crippen LogP contribution < -0.4 is 10.1 Å². The third kappa shape index (κ3) is 4.62. The van der Waals surface area contributed by atoms with Gasteiger partial charge >= 0.3 is 6.61 Å². The Balaban J connectivity index is 0.00000208. The van der Waals surface area contributed by atoms with Crippen molar-refractivity contribution in [1.29, 1.82) is 0 Å². The lowest BCUT2D eigenvalue weighted by Gasteiger charge is -2.30. The molecule has 3 rings (SSSR count). The summed E-state index contributed by atoms with van der Waals surface area (Å²) in [4.78, 5) is 6.59. The second-order valence-corrected chi connectivity index (χ2v) is 5.45. The number of benzene rings is 1. The first-order valence-corrected chi connectivity index (χ1v) is 7.39. The first-order chi connectivity index (χ1) is 11.1. The van der Waals surface area contributed by atoms with Crippen LogP contribution in [-0.4, -0.2) is 48.3 Å². The molecule has 132 valence electrons. The van der Waals surface area contributed by atoms with Crippen molar-refractivity contribution in [3.8, 4) is 5.75 Å². The molecule has 1 fully saturated rings. The van der Waals surface area contributed by atoms with Crippen LogP contribution in [0.5, 0.6) is 5.75 Å². The number of piperazine rings is 1. The molecule has 9 heteroatoms. The van der Waals surface area contributed by atoms with E-state index in [1.54, 1.807) is 18.2 Å². The van der Waals surface area contributed by atoms with Crippen molar-refractivity contribution in [1.82, 2.24) is 20.4 Å². The SMILES string of the molecule is CN1CCNCC1c1noc(Cc2cccc(OC(F)F)c2)n1.Cl. The molecule has 6 nitrogen and oxygen atoms in total. The van der Waals surface area contributed by atoms with Gasteiger partial charge in [0.05, 0.1) is 12.5 Å². The minimum Gasteiger partial charge on any atom is -0.435 e. The topological polar surface area (TPSA) is 63.4 Å². The largest absolute Gasteiger partial charge is 0.435 e. The van der Waals surface area contributed by atoms with E-state index in [-0.39, 0.29) is 24.2 Å². The number of rotatable bonds is 5. The van der Waals surface area contributed by atoms with Gasteiger partial charge in [0, 0.05) is 19.6 Å². The summed E-state index contributed by atoms with van der Waals surface area (Å²) in [6.45, 7) is -0.210. The van der Waals surface area contributed by atoms with E-state index in [2.05, 4.69) is 25.1 Å². The summed E-state index contributed by atoms with van der Waals surface area (Å²) in [5.41, 5.74) is 0.772. The minimum absolute atomic E-state index is 0. The highest BCUT2D eigenvalue weighted by Crippen LogP contribution is 2.20. The highest BCUT2D eigenvalue weighted by Gasteiger charge is 2.25. The van der Waals surface area contributed by atoms with Crippen LogP contribution in [0.2, 0.25) is 0 Å². The van der Waals surface area contributed by atoms with Crippen LogP contribution in [0.25, 0.3) is 0 Å². The number of aromatic nitrogens is 2. The molecular weight excluding hydrogens is 342 g/mol. The van der Waals surface area contributed by atoms with Crippen molar-refractivity contribution in [3.63, 3.8) is 0 Å². The number of hydrogen-bond acceptors (Lipinski definition) is 6. The molecule has 1 aromatic heterocycles. The fourth-order valence-electron chi connectivity index (χ4n) is 2.58. The Hall–Kier alpha value is -1.77. The van der Waals surface area contributed by atoms with Gasteiger partial charge in [0.25, 0.3) is 0 Å². The molecule has 2 aromatic rings. The van der Waals surface area contributed by atoms with Crippen LogP contribution in [0, 0.1) is 0 Å². The van der Waals surface area contributed by atoms with E-state index in [0.717, 1.165) is 25.2 Å². The molecule has 0 spiro atoms. The lowest BCUT2D eigenvalue weighted by atomic mass is 10.1. The van der Waals surface area contributed by atoms with Gasteiger partial charge in [-0.1, -0.05) is 17.3 Å². The predicted molar refractivity (Wildman–Crippen MR) is 85.7 cm³/mol. The van der Waals surface area contributed by atoms with Crippen molar-refractivity contribution in [2.45, 2.75) is 19.1 Å². The van der Waals surface area contributed by atoms with Gasteiger partial charge in [-0.25, -0.2) is 0 Å². The number of likely N-dealkylation sites (N-methyl/N-ethyl adjacent to an activating group) is 1. The van der Waals surface area contributed by atoms with E-state index in [0.29, 0.717) is 18.1 Å². The summed E-state index contributed by atoms with van der Waals surface area (Å²) < 4.78 is 34.2. The normalized spacial score (nSPS) is 18.4. The smallest absolute Gasteiger partial charge is 0.387 e. The number of nitrogens with one attached hydrogen (secondary N) is 1. The maximum absolute atomic E-state index is 12.3. The van der Waals surface area contributed by atoms with E-state index >= 15 is 0 Å². The van der Waals surface area contributed by atoms with Gasteiger partial charge in [-0.2, -0.15) is 13.8 Å². The summed E-state index contributed by atoms with van der Waals surface area (Å²) in [7, 11) is 2.02. The van der Waals surface area contributed by atoms with Gasteiger partial charge < -0.3 is 14.6 Å². The van der Waals surface area contributed by atoms with Crippen molar-refractivity contribution in [2.75, 3.05) is 26.7 Å². The summed E-state index contributed by atoms with van der Waals surface area (Å²) >= 11 is 0. The number of hydrogen-bond donors (Lipinski definition) is 1. The quantitative estimate of drug-likeness (QED) is 0.882. The Labute approximate surface area is 144 Å². The van der Waals surface area contributed by atoms with Crippen LogP contribution in [0.4, 0.5) is 8.78 Å². The Kier molecular flexibility index (Phi) is 6.47. The van der Waals surface area contributed by atoms with Crippen LogP contribution in [0.15, 0.2) is 28.8 Å². The highest BCUT2D eigenvalue weighted by atomic mass is 35.5.